The lowest BCUT2D eigenvalue weighted by Gasteiger charge is -2.15. The van der Waals surface area contributed by atoms with Gasteiger partial charge in [0.15, 0.2) is 6.10 Å². The minimum atomic E-state index is -0.757. The quantitative estimate of drug-likeness (QED) is 0.743. The highest BCUT2D eigenvalue weighted by atomic mass is 32.1. The van der Waals surface area contributed by atoms with Crippen LogP contribution in [0.1, 0.15) is 36.0 Å². The van der Waals surface area contributed by atoms with Crippen molar-refractivity contribution < 1.29 is 19.1 Å². The van der Waals surface area contributed by atoms with Crippen LogP contribution in [-0.2, 0) is 11.2 Å². The molecule has 0 aliphatic heterocycles. The number of hydrazine groups is 1. The van der Waals surface area contributed by atoms with E-state index in [1.807, 2.05) is 25.3 Å². The van der Waals surface area contributed by atoms with E-state index in [1.54, 1.807) is 31.2 Å². The lowest BCUT2D eigenvalue weighted by Crippen LogP contribution is -2.47. The second kappa shape index (κ2) is 9.08. The molecule has 0 aliphatic carbocycles. The number of thiophene rings is 1. The molecule has 1 heterocycles. The van der Waals surface area contributed by atoms with Gasteiger partial charge >= 0.3 is 0 Å². The summed E-state index contributed by atoms with van der Waals surface area (Å²) in [5, 5.41) is 1.85. The number of rotatable bonds is 7. The van der Waals surface area contributed by atoms with Crippen LogP contribution in [0.3, 0.4) is 0 Å². The summed E-state index contributed by atoms with van der Waals surface area (Å²) < 4.78 is 10.9. The zero-order valence-electron chi connectivity index (χ0n) is 14.5. The molecular weight excluding hydrogens is 340 g/mol. The van der Waals surface area contributed by atoms with Crippen molar-refractivity contribution in [1.29, 1.82) is 0 Å². The van der Waals surface area contributed by atoms with E-state index >= 15 is 0 Å². The fourth-order valence-electron chi connectivity index (χ4n) is 2.13. The molecule has 2 rings (SSSR count). The maximum atomic E-state index is 12.1. The Morgan fingerprint density at radius 1 is 1.08 bits per heavy atom. The summed E-state index contributed by atoms with van der Waals surface area (Å²) in [4.78, 5) is 24.8. The van der Waals surface area contributed by atoms with Crippen molar-refractivity contribution in [2.75, 3.05) is 6.61 Å². The Kier molecular flexibility index (Phi) is 6.82. The summed E-state index contributed by atoms with van der Waals surface area (Å²) in [5.74, 6) is 0.524. The fraction of sp³-hybridized carbons (Fsp3) is 0.333. The van der Waals surface area contributed by atoms with Crippen molar-refractivity contribution in [2.24, 2.45) is 0 Å². The summed E-state index contributed by atoms with van der Waals surface area (Å²) in [6.07, 6.45) is 0.00416. The number of nitrogens with one attached hydrogen (secondary N) is 2. The van der Waals surface area contributed by atoms with E-state index in [0.29, 0.717) is 17.2 Å². The molecule has 1 aromatic carbocycles. The van der Waals surface area contributed by atoms with Crippen molar-refractivity contribution in [3.63, 3.8) is 0 Å². The van der Waals surface area contributed by atoms with Crippen molar-refractivity contribution in [1.82, 2.24) is 10.9 Å². The van der Waals surface area contributed by atoms with Crippen LogP contribution in [0.2, 0.25) is 0 Å². The molecule has 0 radical (unpaired) electrons. The Hall–Kier alpha value is -2.54. The van der Waals surface area contributed by atoms with Crippen molar-refractivity contribution in [3.05, 3.63) is 46.2 Å². The number of hydrogen-bond donors (Lipinski definition) is 2. The predicted molar refractivity (Wildman–Crippen MR) is 97.0 cm³/mol. The van der Waals surface area contributed by atoms with E-state index in [0.717, 1.165) is 17.7 Å². The van der Waals surface area contributed by atoms with Crippen LogP contribution in [0, 0.1) is 0 Å². The lowest BCUT2D eigenvalue weighted by atomic mass is 10.2. The van der Waals surface area contributed by atoms with E-state index in [2.05, 4.69) is 10.9 Å². The van der Waals surface area contributed by atoms with Crippen LogP contribution in [0.4, 0.5) is 0 Å². The predicted octanol–water partition coefficient (Wildman–Crippen LogP) is 2.94. The van der Waals surface area contributed by atoms with Gasteiger partial charge in [0.25, 0.3) is 11.8 Å². The first kappa shape index (κ1) is 18.8. The molecule has 2 aromatic rings. The average Bonchev–Trinajstić information content (AvgIpc) is 3.10. The van der Waals surface area contributed by atoms with Gasteiger partial charge in [0, 0.05) is 0 Å². The Morgan fingerprint density at radius 2 is 1.76 bits per heavy atom. The van der Waals surface area contributed by atoms with Gasteiger partial charge in [0.1, 0.15) is 11.5 Å². The third-order valence-corrected chi connectivity index (χ3v) is 4.41. The minimum Gasteiger partial charge on any atom is -0.494 e. The van der Waals surface area contributed by atoms with Gasteiger partial charge in [-0.05, 0) is 61.5 Å². The number of aryl methyl sites for hydroxylation is 1. The first-order valence-corrected chi connectivity index (χ1v) is 8.99. The molecule has 2 N–H and O–H groups in total. The maximum absolute atomic E-state index is 12.1. The minimum absolute atomic E-state index is 0.325. The molecule has 25 heavy (non-hydrogen) atoms. The summed E-state index contributed by atoms with van der Waals surface area (Å²) in [7, 11) is 0. The van der Waals surface area contributed by atoms with E-state index in [-0.39, 0.29) is 5.91 Å². The van der Waals surface area contributed by atoms with Gasteiger partial charge in [-0.25, -0.2) is 0 Å². The Bertz CT molecular complexity index is 712. The first-order chi connectivity index (χ1) is 12.0. The molecule has 2 amide bonds. The molecule has 0 saturated heterocycles. The van der Waals surface area contributed by atoms with Crippen LogP contribution >= 0.6 is 11.3 Å². The van der Waals surface area contributed by atoms with Gasteiger partial charge in [-0.15, -0.1) is 11.3 Å². The SMILES string of the molecule is CCOc1ccc(OC(C)C(=O)NNC(=O)c2sccc2CC)cc1. The molecule has 0 fully saturated rings. The normalized spacial score (nSPS) is 11.5. The molecule has 134 valence electrons. The van der Waals surface area contributed by atoms with Crippen LogP contribution in [0.25, 0.3) is 0 Å². The van der Waals surface area contributed by atoms with Gasteiger partial charge in [-0.3, -0.25) is 20.4 Å². The van der Waals surface area contributed by atoms with Crippen LogP contribution < -0.4 is 20.3 Å². The van der Waals surface area contributed by atoms with Crippen LogP contribution in [0.5, 0.6) is 11.5 Å². The molecule has 0 saturated carbocycles. The maximum Gasteiger partial charge on any atom is 0.280 e. The van der Waals surface area contributed by atoms with Gasteiger partial charge in [0.05, 0.1) is 11.5 Å². The van der Waals surface area contributed by atoms with Crippen molar-refractivity contribution in [3.8, 4) is 11.5 Å². The molecular formula is C18H22N2O4S. The first-order valence-electron chi connectivity index (χ1n) is 8.11. The zero-order chi connectivity index (χ0) is 18.2. The van der Waals surface area contributed by atoms with Gasteiger partial charge in [0.2, 0.25) is 0 Å². The molecule has 0 spiro atoms. The number of hydrogen-bond acceptors (Lipinski definition) is 5. The third kappa shape index (κ3) is 5.22. The highest BCUT2D eigenvalue weighted by Crippen LogP contribution is 2.19. The molecule has 1 aromatic heterocycles. The average molecular weight is 362 g/mol. The standard InChI is InChI=1S/C18H22N2O4S/c1-4-13-10-11-25-16(13)18(22)20-19-17(21)12(3)24-15-8-6-14(7-9-15)23-5-2/h6-12H,4-5H2,1-3H3,(H,19,21)(H,20,22). The topological polar surface area (TPSA) is 76.7 Å². The van der Waals surface area contributed by atoms with Crippen molar-refractivity contribution >= 4 is 23.2 Å². The number of ether oxygens (including phenoxy) is 2. The highest BCUT2D eigenvalue weighted by Gasteiger charge is 2.17. The monoisotopic (exact) mass is 362 g/mol. The third-order valence-electron chi connectivity index (χ3n) is 3.45. The molecule has 0 aliphatic rings. The molecule has 1 unspecified atom stereocenters. The number of carbonyl (C=O) groups excluding carboxylic acids is 2. The number of carbonyl (C=O) groups is 2. The summed E-state index contributed by atoms with van der Waals surface area (Å²) in [5.41, 5.74) is 5.77. The molecule has 1 atom stereocenters. The van der Waals surface area contributed by atoms with Crippen LogP contribution in [-0.4, -0.2) is 24.5 Å². The number of amides is 2. The summed E-state index contributed by atoms with van der Waals surface area (Å²) in [6.45, 7) is 6.08. The smallest absolute Gasteiger partial charge is 0.280 e. The fourth-order valence-corrected chi connectivity index (χ4v) is 3.02. The molecule has 7 heteroatoms. The van der Waals surface area contributed by atoms with Gasteiger partial charge < -0.3 is 9.47 Å². The van der Waals surface area contributed by atoms with E-state index in [9.17, 15) is 9.59 Å². The Labute approximate surface area is 151 Å². The number of benzene rings is 1. The second-order valence-electron chi connectivity index (χ2n) is 5.24. The van der Waals surface area contributed by atoms with Gasteiger partial charge in [-0.2, -0.15) is 0 Å². The van der Waals surface area contributed by atoms with E-state index in [4.69, 9.17) is 9.47 Å². The largest absolute Gasteiger partial charge is 0.494 e. The molecule has 6 nitrogen and oxygen atoms in total. The lowest BCUT2D eigenvalue weighted by molar-refractivity contribution is -0.128. The van der Waals surface area contributed by atoms with Gasteiger partial charge in [-0.1, -0.05) is 6.92 Å². The Morgan fingerprint density at radius 3 is 2.40 bits per heavy atom. The van der Waals surface area contributed by atoms with Crippen LogP contribution in [0.15, 0.2) is 35.7 Å². The zero-order valence-corrected chi connectivity index (χ0v) is 15.3. The highest BCUT2D eigenvalue weighted by molar-refractivity contribution is 7.12. The summed E-state index contributed by atoms with van der Waals surface area (Å²) in [6, 6.07) is 8.90. The Balaban J connectivity index is 1.84. The van der Waals surface area contributed by atoms with E-state index < -0.39 is 12.0 Å². The van der Waals surface area contributed by atoms with Crippen molar-refractivity contribution in [2.45, 2.75) is 33.3 Å². The second-order valence-corrected chi connectivity index (χ2v) is 6.15. The summed E-state index contributed by atoms with van der Waals surface area (Å²) >= 11 is 1.34. The van der Waals surface area contributed by atoms with E-state index in [1.165, 1.54) is 11.3 Å². The molecule has 0 bridgehead atoms.